The SMILES string of the molecule is C=CC(=O)N1CCCC2(CCN(C(=O)N(C)C(C(=O)N[C@H]3Cc4nc(cs4)-c4ccc5c(c4)c(c(-c4cccnc4[C@H](C)OC)n5CC)CC(C)(C)COC(=O)[C@@H]4CCCN(N4)C3=O)C(C)C)CC2)C1. The second-order valence-corrected chi connectivity index (χ2v) is 21.9. The third-order valence-corrected chi connectivity index (χ3v) is 15.9. The van der Waals surface area contributed by atoms with Crippen LogP contribution in [-0.2, 0) is 48.0 Å². The number of thiazole rings is 1. The molecule has 4 aliphatic rings. The molecule has 1 spiro atoms. The first-order valence-electron chi connectivity index (χ1n) is 25.0. The summed E-state index contributed by atoms with van der Waals surface area (Å²) in [6, 6.07) is 7.44. The molecule has 3 fully saturated rings. The highest BCUT2D eigenvalue weighted by Crippen LogP contribution is 2.43. The molecule has 3 aromatic heterocycles. The van der Waals surface area contributed by atoms with Crippen LogP contribution in [0.4, 0.5) is 4.79 Å². The fraction of sp³-hybridized carbons (Fsp3) is 0.566. The monoisotopic (exact) mass is 978 g/mol. The van der Waals surface area contributed by atoms with Gasteiger partial charge in [0.25, 0.3) is 5.91 Å². The van der Waals surface area contributed by atoms with E-state index in [0.717, 1.165) is 70.4 Å². The number of hydrogen-bond acceptors (Lipinski definition) is 11. The second-order valence-electron chi connectivity index (χ2n) is 20.9. The zero-order valence-corrected chi connectivity index (χ0v) is 43.0. The van der Waals surface area contributed by atoms with Gasteiger partial charge in [-0.05, 0) is 106 Å². The number of aromatic nitrogens is 3. The smallest absolute Gasteiger partial charge is 0.324 e. The standard InChI is InChI=1S/C53H71N9O7S/c1-10-44(63)60-23-14-19-53(31-60)20-25-59(26-21-53)51(67)58(8)46(33(3)4)48(64)56-40-28-43-55-41(30-70-43)35-17-18-42-37(27-35)38(47(61(42)11-2)36-15-12-22-54-45(36)34(5)68-9)29-52(6,7)32-69-50(66)39-16-13-24-62(57-39)49(40)65/h10,12,15,17-18,22,27,30,33-34,39-40,46,57H,1,11,13-14,16,19-21,23-26,28-29,31-32H2,2-9H3,(H,56,64)/t34-,39-,40-,46?/m0/s1. The molecule has 5 amide bonds. The topological polar surface area (TPSA) is 172 Å². The summed E-state index contributed by atoms with van der Waals surface area (Å²) in [4.78, 5) is 85.2. The second kappa shape index (κ2) is 21.0. The van der Waals surface area contributed by atoms with Crippen LogP contribution >= 0.6 is 11.3 Å². The van der Waals surface area contributed by atoms with Gasteiger partial charge in [0, 0.05) is 98.9 Å². The van der Waals surface area contributed by atoms with Crippen molar-refractivity contribution in [1.29, 1.82) is 0 Å². The molecule has 16 nitrogen and oxygen atoms in total. The number of likely N-dealkylation sites (N-methyl/N-ethyl adjacent to an activating group) is 1. The Balaban J connectivity index is 1.10. The number of benzene rings is 1. The molecule has 0 saturated carbocycles. The van der Waals surface area contributed by atoms with Gasteiger partial charge in [-0.25, -0.2) is 15.2 Å². The molecular formula is C53H71N9O7S. The number of piperidine rings is 2. The minimum absolute atomic E-state index is 0.0527. The van der Waals surface area contributed by atoms with Gasteiger partial charge in [0.1, 0.15) is 18.1 Å². The van der Waals surface area contributed by atoms with Crippen molar-refractivity contribution in [3.63, 3.8) is 0 Å². The lowest BCUT2D eigenvalue weighted by Crippen LogP contribution is -2.62. The lowest BCUT2D eigenvalue weighted by molar-refractivity contribution is -0.155. The molecule has 376 valence electrons. The number of cyclic esters (lactones) is 1. The minimum Gasteiger partial charge on any atom is -0.464 e. The Morgan fingerprint density at radius 2 is 1.84 bits per heavy atom. The number of fused-ring (bicyclic) bond motifs is 6. The summed E-state index contributed by atoms with van der Waals surface area (Å²) < 4.78 is 14.3. The molecule has 4 atom stereocenters. The molecule has 3 saturated heterocycles. The van der Waals surface area contributed by atoms with Gasteiger partial charge >= 0.3 is 12.0 Å². The normalized spacial score (nSPS) is 21.5. The number of pyridine rings is 1. The van der Waals surface area contributed by atoms with Crippen molar-refractivity contribution in [2.24, 2.45) is 16.7 Å². The molecule has 1 unspecified atom stereocenters. The average Bonchev–Trinajstić information content (AvgIpc) is 3.95. The maximum Gasteiger partial charge on any atom is 0.324 e. The number of hydrogen-bond donors (Lipinski definition) is 2. The van der Waals surface area contributed by atoms with Crippen LogP contribution in [0.2, 0.25) is 0 Å². The van der Waals surface area contributed by atoms with Gasteiger partial charge in [-0.2, -0.15) is 0 Å². The Kier molecular flexibility index (Phi) is 15.2. The van der Waals surface area contributed by atoms with Gasteiger partial charge < -0.3 is 34.1 Å². The molecule has 7 heterocycles. The summed E-state index contributed by atoms with van der Waals surface area (Å²) in [6.07, 6.45) is 8.02. The van der Waals surface area contributed by atoms with E-state index in [4.69, 9.17) is 19.4 Å². The van der Waals surface area contributed by atoms with Crippen LogP contribution in [0.1, 0.15) is 102 Å². The highest BCUT2D eigenvalue weighted by atomic mass is 32.1. The maximum atomic E-state index is 14.7. The van der Waals surface area contributed by atoms with E-state index in [9.17, 15) is 24.0 Å². The van der Waals surface area contributed by atoms with Crippen LogP contribution in [0.25, 0.3) is 33.4 Å². The van der Waals surface area contributed by atoms with Crippen molar-refractivity contribution >= 4 is 52.0 Å². The molecule has 0 aliphatic carbocycles. The summed E-state index contributed by atoms with van der Waals surface area (Å²) in [5.74, 6) is -1.67. The van der Waals surface area contributed by atoms with E-state index in [-0.39, 0.29) is 42.4 Å². The number of esters is 1. The Bertz CT molecular complexity index is 2610. The van der Waals surface area contributed by atoms with Crippen molar-refractivity contribution < 1.29 is 33.4 Å². The Hall–Kier alpha value is -5.65. The zero-order valence-electron chi connectivity index (χ0n) is 42.2. The zero-order chi connectivity index (χ0) is 50.1. The number of nitrogens with zero attached hydrogens (tertiary/aromatic N) is 7. The third kappa shape index (κ3) is 10.4. The van der Waals surface area contributed by atoms with E-state index in [1.807, 2.05) is 37.1 Å². The predicted octanol–water partition coefficient (Wildman–Crippen LogP) is 7.17. The first-order chi connectivity index (χ1) is 33.5. The number of carbonyl (C=O) groups excluding carboxylic acids is 5. The number of aryl methyl sites for hydroxylation is 1. The third-order valence-electron chi connectivity index (χ3n) is 15.0. The quantitative estimate of drug-likeness (QED) is 0.130. The highest BCUT2D eigenvalue weighted by Gasteiger charge is 2.43. The molecule has 70 heavy (non-hydrogen) atoms. The Morgan fingerprint density at radius 1 is 1.07 bits per heavy atom. The summed E-state index contributed by atoms with van der Waals surface area (Å²) >= 11 is 1.42. The number of ether oxygens (including phenoxy) is 2. The van der Waals surface area contributed by atoms with Gasteiger partial charge in [-0.3, -0.25) is 29.2 Å². The van der Waals surface area contributed by atoms with E-state index in [0.29, 0.717) is 63.5 Å². The summed E-state index contributed by atoms with van der Waals surface area (Å²) in [6.45, 7) is 19.3. The Labute approximate surface area is 416 Å². The van der Waals surface area contributed by atoms with Gasteiger partial charge in [-0.15, -0.1) is 11.3 Å². The van der Waals surface area contributed by atoms with Gasteiger partial charge in [0.2, 0.25) is 11.8 Å². The van der Waals surface area contributed by atoms with Gasteiger partial charge in [0.15, 0.2) is 0 Å². The molecule has 2 N–H and O–H groups in total. The van der Waals surface area contributed by atoms with Crippen LogP contribution in [0.15, 0.2) is 54.6 Å². The first-order valence-corrected chi connectivity index (χ1v) is 25.9. The lowest BCUT2D eigenvalue weighted by Gasteiger charge is -2.48. The average molecular weight is 978 g/mol. The van der Waals surface area contributed by atoms with E-state index in [1.165, 1.54) is 27.3 Å². The number of rotatable bonds is 9. The van der Waals surface area contributed by atoms with Crippen LogP contribution in [0.5, 0.6) is 0 Å². The number of nitrogens with one attached hydrogen (secondary N) is 2. The molecule has 4 aromatic rings. The number of likely N-dealkylation sites (tertiary alicyclic amines) is 2. The lowest BCUT2D eigenvalue weighted by atomic mass is 9.72. The van der Waals surface area contributed by atoms with E-state index < -0.39 is 41.3 Å². The largest absolute Gasteiger partial charge is 0.464 e. The summed E-state index contributed by atoms with van der Waals surface area (Å²) in [5.41, 5.74) is 9.27. The van der Waals surface area contributed by atoms with Crippen molar-refractivity contribution in [3.8, 4) is 22.5 Å². The Morgan fingerprint density at radius 3 is 2.56 bits per heavy atom. The van der Waals surface area contributed by atoms with Gasteiger partial charge in [0.05, 0.1) is 34.8 Å². The summed E-state index contributed by atoms with van der Waals surface area (Å²) in [5, 5.41) is 8.20. The fourth-order valence-electron chi connectivity index (χ4n) is 11.2. The van der Waals surface area contributed by atoms with Crippen LogP contribution in [-0.4, -0.2) is 136 Å². The number of urea groups is 1. The summed E-state index contributed by atoms with van der Waals surface area (Å²) in [7, 11) is 3.34. The maximum absolute atomic E-state index is 14.7. The first kappa shape index (κ1) is 50.7. The van der Waals surface area contributed by atoms with Crippen molar-refractivity contribution in [2.75, 3.05) is 53.5 Å². The molecular weight excluding hydrogens is 907 g/mol. The number of hydrazine groups is 1. The fourth-order valence-corrected chi connectivity index (χ4v) is 12.0. The molecule has 1 aromatic carbocycles. The number of carbonyl (C=O) groups is 5. The minimum atomic E-state index is -1.07. The molecule has 8 rings (SSSR count). The van der Waals surface area contributed by atoms with Crippen molar-refractivity contribution in [1.82, 2.24) is 45.0 Å². The molecule has 6 bridgehead atoms. The number of amides is 5. The van der Waals surface area contributed by atoms with Crippen molar-refractivity contribution in [2.45, 2.75) is 124 Å². The van der Waals surface area contributed by atoms with E-state index in [1.54, 1.807) is 25.3 Å². The molecule has 17 heteroatoms. The van der Waals surface area contributed by atoms with Crippen molar-refractivity contribution in [3.05, 3.63) is 70.8 Å². The number of methoxy groups -OCH3 is 1. The van der Waals surface area contributed by atoms with Crippen LogP contribution in [0.3, 0.4) is 0 Å². The van der Waals surface area contributed by atoms with Crippen LogP contribution < -0.4 is 10.7 Å². The van der Waals surface area contributed by atoms with Gasteiger partial charge in [-0.1, -0.05) is 40.3 Å². The molecule has 4 aliphatic heterocycles. The van der Waals surface area contributed by atoms with E-state index in [2.05, 4.69) is 66.9 Å². The van der Waals surface area contributed by atoms with Crippen LogP contribution in [0, 0.1) is 16.7 Å². The predicted molar refractivity (Wildman–Crippen MR) is 270 cm³/mol. The highest BCUT2D eigenvalue weighted by molar-refractivity contribution is 7.10. The van der Waals surface area contributed by atoms with E-state index >= 15 is 0 Å². The molecule has 0 radical (unpaired) electrons.